The molecule has 1 fully saturated rings. The van der Waals surface area contributed by atoms with Crippen molar-refractivity contribution in [1.82, 2.24) is 4.90 Å². The minimum absolute atomic E-state index is 0.207. The molecule has 1 atom stereocenters. The van der Waals surface area contributed by atoms with Crippen LogP contribution in [0.15, 0.2) is 30.3 Å². The van der Waals surface area contributed by atoms with Crippen molar-refractivity contribution in [3.05, 3.63) is 35.9 Å². The van der Waals surface area contributed by atoms with Crippen LogP contribution in [0.5, 0.6) is 0 Å². The summed E-state index contributed by atoms with van der Waals surface area (Å²) in [6.45, 7) is 1.63. The van der Waals surface area contributed by atoms with E-state index in [1.807, 2.05) is 18.2 Å². The highest BCUT2D eigenvalue weighted by molar-refractivity contribution is 5.21. The van der Waals surface area contributed by atoms with Crippen molar-refractivity contribution in [2.24, 2.45) is 0 Å². The number of hydrogen-bond donors (Lipinski definition) is 0. The predicted molar refractivity (Wildman–Crippen MR) is 71.0 cm³/mol. The summed E-state index contributed by atoms with van der Waals surface area (Å²) >= 11 is 0. The molecular weight excluding hydrogens is 224 g/mol. The Morgan fingerprint density at radius 2 is 2.11 bits per heavy atom. The van der Waals surface area contributed by atoms with Crippen LogP contribution < -0.4 is 0 Å². The molecule has 3 heteroatoms. The van der Waals surface area contributed by atoms with E-state index in [0.29, 0.717) is 12.5 Å². The van der Waals surface area contributed by atoms with Gasteiger partial charge in [-0.2, -0.15) is 5.26 Å². The van der Waals surface area contributed by atoms with Crippen molar-refractivity contribution >= 4 is 0 Å². The van der Waals surface area contributed by atoms with E-state index < -0.39 is 0 Å². The largest absolute Gasteiger partial charge is 0.383 e. The third-order valence-corrected chi connectivity index (χ3v) is 3.44. The van der Waals surface area contributed by atoms with Crippen LogP contribution in [-0.2, 0) is 4.74 Å². The Balaban J connectivity index is 2.13. The molecule has 2 rings (SSSR count). The van der Waals surface area contributed by atoms with E-state index in [2.05, 4.69) is 23.1 Å². The Kier molecular flexibility index (Phi) is 4.74. The van der Waals surface area contributed by atoms with Gasteiger partial charge in [0.15, 0.2) is 0 Å². The standard InChI is InChI=1S/C15H20N2O/c1-18-12-11-17(14-7-8-14)15(9-10-16)13-5-3-2-4-6-13/h2-6,14-15H,7-9,11-12H2,1H3. The number of methoxy groups -OCH3 is 1. The first-order valence-electron chi connectivity index (χ1n) is 6.53. The topological polar surface area (TPSA) is 36.3 Å². The summed E-state index contributed by atoms with van der Waals surface area (Å²) in [7, 11) is 1.73. The van der Waals surface area contributed by atoms with Crippen LogP contribution in [-0.4, -0.2) is 31.2 Å². The van der Waals surface area contributed by atoms with Gasteiger partial charge >= 0.3 is 0 Å². The van der Waals surface area contributed by atoms with Gasteiger partial charge in [0.1, 0.15) is 0 Å². The fourth-order valence-corrected chi connectivity index (χ4v) is 2.38. The first-order valence-corrected chi connectivity index (χ1v) is 6.53. The summed E-state index contributed by atoms with van der Waals surface area (Å²) in [5, 5.41) is 9.07. The van der Waals surface area contributed by atoms with Crippen molar-refractivity contribution in [3.8, 4) is 6.07 Å². The molecule has 0 bridgehead atoms. The zero-order valence-corrected chi connectivity index (χ0v) is 10.9. The predicted octanol–water partition coefficient (Wildman–Crippen LogP) is 2.75. The summed E-state index contributed by atoms with van der Waals surface area (Å²) in [6.07, 6.45) is 3.04. The van der Waals surface area contributed by atoms with Crippen LogP contribution in [0.1, 0.15) is 30.9 Å². The molecule has 1 aliphatic carbocycles. The van der Waals surface area contributed by atoms with Gasteiger partial charge in [-0.3, -0.25) is 4.90 Å². The molecule has 0 aliphatic heterocycles. The molecule has 1 aliphatic rings. The molecule has 1 saturated carbocycles. The molecular formula is C15H20N2O. The lowest BCUT2D eigenvalue weighted by Crippen LogP contribution is -2.33. The van der Waals surface area contributed by atoms with Crippen molar-refractivity contribution in [2.75, 3.05) is 20.3 Å². The van der Waals surface area contributed by atoms with Gasteiger partial charge in [-0.25, -0.2) is 0 Å². The average Bonchev–Trinajstić information content (AvgIpc) is 3.23. The van der Waals surface area contributed by atoms with Crippen LogP contribution in [0, 0.1) is 11.3 Å². The molecule has 0 saturated heterocycles. The number of nitrogens with zero attached hydrogens (tertiary/aromatic N) is 2. The van der Waals surface area contributed by atoms with E-state index in [-0.39, 0.29) is 6.04 Å². The Morgan fingerprint density at radius 3 is 2.67 bits per heavy atom. The lowest BCUT2D eigenvalue weighted by Gasteiger charge is -2.30. The molecule has 1 unspecified atom stereocenters. The lowest BCUT2D eigenvalue weighted by molar-refractivity contribution is 0.114. The van der Waals surface area contributed by atoms with Gasteiger partial charge in [0.25, 0.3) is 0 Å². The van der Waals surface area contributed by atoms with Gasteiger partial charge in [-0.1, -0.05) is 30.3 Å². The molecule has 96 valence electrons. The second kappa shape index (κ2) is 6.53. The molecule has 18 heavy (non-hydrogen) atoms. The van der Waals surface area contributed by atoms with Crippen LogP contribution in [0.25, 0.3) is 0 Å². The Bertz CT molecular complexity index is 395. The smallest absolute Gasteiger partial charge is 0.0641 e. The van der Waals surface area contributed by atoms with Gasteiger partial charge in [-0.15, -0.1) is 0 Å². The first-order chi connectivity index (χ1) is 8.86. The highest BCUT2D eigenvalue weighted by Crippen LogP contribution is 2.35. The number of ether oxygens (including phenoxy) is 1. The Hall–Kier alpha value is -1.37. The fourth-order valence-electron chi connectivity index (χ4n) is 2.38. The van der Waals surface area contributed by atoms with Crippen LogP contribution in [0.3, 0.4) is 0 Å². The van der Waals surface area contributed by atoms with Gasteiger partial charge in [-0.05, 0) is 18.4 Å². The highest BCUT2D eigenvalue weighted by Gasteiger charge is 2.34. The van der Waals surface area contributed by atoms with E-state index in [4.69, 9.17) is 10.00 Å². The Morgan fingerprint density at radius 1 is 1.39 bits per heavy atom. The molecule has 0 N–H and O–H groups in total. The van der Waals surface area contributed by atoms with Gasteiger partial charge in [0, 0.05) is 25.7 Å². The minimum Gasteiger partial charge on any atom is -0.383 e. The highest BCUT2D eigenvalue weighted by atomic mass is 16.5. The zero-order chi connectivity index (χ0) is 12.8. The maximum atomic E-state index is 9.07. The second-order valence-electron chi connectivity index (χ2n) is 4.75. The van der Waals surface area contributed by atoms with Crippen LogP contribution in [0.4, 0.5) is 0 Å². The average molecular weight is 244 g/mol. The molecule has 0 radical (unpaired) electrons. The first kappa shape index (κ1) is 13.1. The summed E-state index contributed by atoms with van der Waals surface area (Å²) < 4.78 is 5.19. The van der Waals surface area contributed by atoms with Gasteiger partial charge < -0.3 is 4.74 Å². The molecule has 0 heterocycles. The fraction of sp³-hybridized carbons (Fsp3) is 0.533. The monoisotopic (exact) mass is 244 g/mol. The molecule has 0 spiro atoms. The number of hydrogen-bond acceptors (Lipinski definition) is 3. The van der Waals surface area contributed by atoms with Crippen molar-refractivity contribution in [1.29, 1.82) is 5.26 Å². The third kappa shape index (κ3) is 3.32. The summed E-state index contributed by atoms with van der Waals surface area (Å²) in [6, 6.07) is 13.5. The van der Waals surface area contributed by atoms with Crippen molar-refractivity contribution < 1.29 is 4.74 Å². The maximum Gasteiger partial charge on any atom is 0.0641 e. The molecule has 0 aromatic heterocycles. The van der Waals surface area contributed by atoms with E-state index in [9.17, 15) is 0 Å². The molecule has 3 nitrogen and oxygen atoms in total. The summed E-state index contributed by atoms with van der Waals surface area (Å²) in [4.78, 5) is 2.43. The summed E-state index contributed by atoms with van der Waals surface area (Å²) in [5.74, 6) is 0. The normalized spacial score (nSPS) is 16.5. The van der Waals surface area contributed by atoms with E-state index in [1.165, 1.54) is 18.4 Å². The maximum absolute atomic E-state index is 9.07. The SMILES string of the molecule is COCCN(C1CC1)C(CC#N)c1ccccc1. The van der Waals surface area contributed by atoms with Crippen molar-refractivity contribution in [2.45, 2.75) is 31.3 Å². The number of benzene rings is 1. The van der Waals surface area contributed by atoms with E-state index in [1.54, 1.807) is 7.11 Å². The lowest BCUT2D eigenvalue weighted by atomic mass is 10.0. The van der Waals surface area contributed by atoms with Crippen molar-refractivity contribution in [3.63, 3.8) is 0 Å². The Labute approximate surface area is 109 Å². The van der Waals surface area contributed by atoms with Gasteiger partial charge in [0.05, 0.1) is 19.1 Å². The minimum atomic E-state index is 0.207. The van der Waals surface area contributed by atoms with Crippen LogP contribution in [0.2, 0.25) is 0 Å². The van der Waals surface area contributed by atoms with Crippen LogP contribution >= 0.6 is 0 Å². The number of nitriles is 1. The van der Waals surface area contributed by atoms with E-state index in [0.717, 1.165) is 13.2 Å². The third-order valence-electron chi connectivity index (χ3n) is 3.44. The quantitative estimate of drug-likeness (QED) is 0.740. The number of rotatable bonds is 7. The van der Waals surface area contributed by atoms with Gasteiger partial charge in [0.2, 0.25) is 0 Å². The molecule has 0 amide bonds. The molecule has 1 aromatic carbocycles. The summed E-state index contributed by atoms with van der Waals surface area (Å²) in [5.41, 5.74) is 1.24. The molecule has 1 aromatic rings. The van der Waals surface area contributed by atoms with E-state index >= 15 is 0 Å². The zero-order valence-electron chi connectivity index (χ0n) is 10.9. The second-order valence-corrected chi connectivity index (χ2v) is 4.75.